The third kappa shape index (κ3) is 3.19. The van der Waals surface area contributed by atoms with Crippen molar-refractivity contribution in [2.24, 2.45) is 0 Å². The van der Waals surface area contributed by atoms with Gasteiger partial charge >= 0.3 is 0 Å². The maximum Gasteiger partial charge on any atom is 0.179 e. The van der Waals surface area contributed by atoms with E-state index in [-0.39, 0.29) is 0 Å². The van der Waals surface area contributed by atoms with Crippen LogP contribution in [0.4, 0.5) is 0 Å². The Bertz CT molecular complexity index is 460. The summed E-state index contributed by atoms with van der Waals surface area (Å²) in [5, 5.41) is 3.99. The Hall–Kier alpha value is -0.970. The summed E-state index contributed by atoms with van der Waals surface area (Å²) in [5.41, 5.74) is 2.42. The van der Waals surface area contributed by atoms with Crippen LogP contribution in [0.5, 0.6) is 11.5 Å². The van der Waals surface area contributed by atoms with Crippen molar-refractivity contribution in [3.63, 3.8) is 0 Å². The molecule has 0 saturated carbocycles. The molecule has 5 heteroatoms. The number of halogens is 1. The number of benzene rings is 1. The molecule has 1 aliphatic heterocycles. The van der Waals surface area contributed by atoms with Gasteiger partial charge in [-0.3, -0.25) is 4.90 Å². The Morgan fingerprint density at radius 1 is 1.20 bits per heavy atom. The first-order valence-corrected chi connectivity index (χ1v) is 7.44. The van der Waals surface area contributed by atoms with Gasteiger partial charge < -0.3 is 14.8 Å². The average molecular weight is 299 g/mol. The van der Waals surface area contributed by atoms with E-state index in [1.54, 1.807) is 14.2 Å². The largest absolute Gasteiger partial charge is 0.493 e. The van der Waals surface area contributed by atoms with Gasteiger partial charge in [-0.2, -0.15) is 0 Å². The smallest absolute Gasteiger partial charge is 0.179 e. The van der Waals surface area contributed by atoms with Crippen LogP contribution in [0, 0.1) is 0 Å². The summed E-state index contributed by atoms with van der Waals surface area (Å²) in [6.45, 7) is 7.26. The predicted molar refractivity (Wildman–Crippen MR) is 82.1 cm³/mol. The minimum Gasteiger partial charge on any atom is -0.493 e. The third-order valence-corrected chi connectivity index (χ3v) is 4.03. The lowest BCUT2D eigenvalue weighted by Crippen LogP contribution is -2.43. The highest BCUT2D eigenvalue weighted by molar-refractivity contribution is 6.32. The number of piperazine rings is 1. The summed E-state index contributed by atoms with van der Waals surface area (Å²) >= 11 is 6.32. The zero-order valence-electron chi connectivity index (χ0n) is 12.5. The second-order valence-electron chi connectivity index (χ2n) is 4.94. The summed E-state index contributed by atoms with van der Waals surface area (Å²) in [4.78, 5) is 2.44. The quantitative estimate of drug-likeness (QED) is 0.904. The molecule has 0 unspecified atom stereocenters. The molecular weight excluding hydrogens is 276 g/mol. The second-order valence-corrected chi connectivity index (χ2v) is 5.35. The highest BCUT2D eigenvalue weighted by Crippen LogP contribution is 2.40. The summed E-state index contributed by atoms with van der Waals surface area (Å²) in [6, 6.07) is 2.02. The molecule has 0 aromatic heterocycles. The number of ether oxygens (including phenoxy) is 2. The van der Waals surface area contributed by atoms with E-state index in [2.05, 4.69) is 17.1 Å². The van der Waals surface area contributed by atoms with Crippen LogP contribution in [0.1, 0.15) is 18.1 Å². The molecule has 0 atom stereocenters. The van der Waals surface area contributed by atoms with Crippen LogP contribution in [0.15, 0.2) is 6.07 Å². The maximum absolute atomic E-state index is 6.32. The van der Waals surface area contributed by atoms with Gasteiger partial charge in [0.25, 0.3) is 0 Å². The molecule has 0 radical (unpaired) electrons. The first-order chi connectivity index (χ1) is 9.71. The van der Waals surface area contributed by atoms with Crippen LogP contribution in [-0.4, -0.2) is 45.3 Å². The van der Waals surface area contributed by atoms with Crippen molar-refractivity contribution < 1.29 is 9.47 Å². The van der Waals surface area contributed by atoms with Gasteiger partial charge in [0, 0.05) is 38.3 Å². The first kappa shape index (κ1) is 15.4. The van der Waals surface area contributed by atoms with Crippen LogP contribution >= 0.6 is 11.6 Å². The lowest BCUT2D eigenvalue weighted by molar-refractivity contribution is 0.232. The van der Waals surface area contributed by atoms with Crippen molar-refractivity contribution >= 4 is 11.6 Å². The zero-order valence-corrected chi connectivity index (χ0v) is 13.2. The summed E-state index contributed by atoms with van der Waals surface area (Å²) in [6.07, 6.45) is 0.901. The summed E-state index contributed by atoms with van der Waals surface area (Å²) in [7, 11) is 3.29. The van der Waals surface area contributed by atoms with Crippen molar-refractivity contribution in [1.29, 1.82) is 0 Å². The van der Waals surface area contributed by atoms with Crippen LogP contribution < -0.4 is 14.8 Å². The van der Waals surface area contributed by atoms with Crippen LogP contribution in [0.25, 0.3) is 0 Å². The van der Waals surface area contributed by atoms with Crippen molar-refractivity contribution in [1.82, 2.24) is 10.2 Å². The lowest BCUT2D eigenvalue weighted by atomic mass is 10.0. The van der Waals surface area contributed by atoms with E-state index in [9.17, 15) is 0 Å². The Morgan fingerprint density at radius 3 is 2.40 bits per heavy atom. The second kappa shape index (κ2) is 7.16. The SMILES string of the molecule is CCc1c(CN2CCNCC2)cc(Cl)c(OC)c1OC. The molecule has 0 amide bonds. The summed E-state index contributed by atoms with van der Waals surface area (Å²) < 4.78 is 10.9. The topological polar surface area (TPSA) is 33.7 Å². The molecule has 0 bridgehead atoms. The minimum atomic E-state index is 0.617. The molecule has 1 N–H and O–H groups in total. The maximum atomic E-state index is 6.32. The van der Waals surface area contributed by atoms with E-state index in [0.717, 1.165) is 44.9 Å². The van der Waals surface area contributed by atoms with Gasteiger partial charge in [0.05, 0.1) is 19.2 Å². The molecule has 2 rings (SSSR count). The van der Waals surface area contributed by atoms with E-state index in [1.807, 2.05) is 6.07 Å². The Morgan fingerprint density at radius 2 is 1.85 bits per heavy atom. The minimum absolute atomic E-state index is 0.617. The molecule has 1 fully saturated rings. The molecule has 0 aliphatic carbocycles. The molecular formula is C15H23ClN2O2. The number of rotatable bonds is 5. The fraction of sp³-hybridized carbons (Fsp3) is 0.600. The standard InChI is InChI=1S/C15H23ClN2O2/c1-4-12-11(10-18-7-5-17-6-8-18)9-13(16)15(20-3)14(12)19-2/h9,17H,4-8,10H2,1-3H3. The molecule has 1 heterocycles. The Labute approximate surface area is 126 Å². The Kier molecular flexibility index (Phi) is 5.52. The fourth-order valence-electron chi connectivity index (χ4n) is 2.74. The monoisotopic (exact) mass is 298 g/mol. The number of nitrogens with zero attached hydrogens (tertiary/aromatic N) is 1. The first-order valence-electron chi connectivity index (χ1n) is 7.06. The van der Waals surface area contributed by atoms with Crippen LogP contribution in [-0.2, 0) is 13.0 Å². The van der Waals surface area contributed by atoms with E-state index < -0.39 is 0 Å². The van der Waals surface area contributed by atoms with Gasteiger partial charge in [0.1, 0.15) is 0 Å². The van der Waals surface area contributed by atoms with Gasteiger partial charge in [-0.05, 0) is 18.1 Å². The van der Waals surface area contributed by atoms with Crippen LogP contribution in [0.2, 0.25) is 5.02 Å². The highest BCUT2D eigenvalue weighted by Gasteiger charge is 2.20. The molecule has 0 spiro atoms. The normalized spacial score (nSPS) is 16.2. The van der Waals surface area contributed by atoms with E-state index >= 15 is 0 Å². The van der Waals surface area contributed by atoms with Gasteiger partial charge in [0.2, 0.25) is 0 Å². The third-order valence-electron chi connectivity index (χ3n) is 3.75. The molecule has 1 aliphatic rings. The molecule has 4 nitrogen and oxygen atoms in total. The van der Waals surface area contributed by atoms with Gasteiger partial charge in [0.15, 0.2) is 11.5 Å². The highest BCUT2D eigenvalue weighted by atomic mass is 35.5. The van der Waals surface area contributed by atoms with Crippen molar-refractivity contribution in [3.05, 3.63) is 22.2 Å². The molecule has 20 heavy (non-hydrogen) atoms. The van der Waals surface area contributed by atoms with Crippen molar-refractivity contribution in [2.45, 2.75) is 19.9 Å². The van der Waals surface area contributed by atoms with Crippen molar-refractivity contribution in [2.75, 3.05) is 40.4 Å². The molecule has 112 valence electrons. The molecule has 1 aromatic rings. The van der Waals surface area contributed by atoms with E-state index in [1.165, 1.54) is 11.1 Å². The van der Waals surface area contributed by atoms with E-state index in [0.29, 0.717) is 10.8 Å². The Balaban J connectivity index is 2.33. The predicted octanol–water partition coefficient (Wildman–Crippen LogP) is 2.32. The number of methoxy groups -OCH3 is 2. The number of hydrogen-bond acceptors (Lipinski definition) is 4. The fourth-order valence-corrected chi connectivity index (χ4v) is 3.04. The van der Waals surface area contributed by atoms with Gasteiger partial charge in [-0.25, -0.2) is 0 Å². The van der Waals surface area contributed by atoms with Gasteiger partial charge in [-0.1, -0.05) is 18.5 Å². The van der Waals surface area contributed by atoms with Crippen molar-refractivity contribution in [3.8, 4) is 11.5 Å². The average Bonchev–Trinajstić information content (AvgIpc) is 2.47. The summed E-state index contributed by atoms with van der Waals surface area (Å²) in [5.74, 6) is 1.41. The van der Waals surface area contributed by atoms with Crippen LogP contribution in [0.3, 0.4) is 0 Å². The molecule has 1 aromatic carbocycles. The van der Waals surface area contributed by atoms with Gasteiger partial charge in [-0.15, -0.1) is 0 Å². The number of nitrogens with one attached hydrogen (secondary N) is 1. The lowest BCUT2D eigenvalue weighted by Gasteiger charge is -2.28. The number of hydrogen-bond donors (Lipinski definition) is 1. The molecule has 1 saturated heterocycles. The zero-order chi connectivity index (χ0) is 14.5. The van der Waals surface area contributed by atoms with E-state index in [4.69, 9.17) is 21.1 Å².